The van der Waals surface area contributed by atoms with E-state index >= 15 is 0 Å². The molecule has 92 valence electrons. The zero-order chi connectivity index (χ0) is 12.2. The summed E-state index contributed by atoms with van der Waals surface area (Å²) >= 11 is 7.28. The Morgan fingerprint density at radius 1 is 0.625 bits per heavy atom. The van der Waals surface area contributed by atoms with E-state index in [2.05, 4.69) is 49.3 Å². The number of hydrogen-bond acceptors (Lipinski definition) is 4. The molecule has 0 aliphatic carbocycles. The maximum Gasteiger partial charge on any atom is 0.0694 e. The highest BCUT2D eigenvalue weighted by Crippen LogP contribution is 2.50. The minimum Gasteiger partial charge on any atom is -0.0884 e. The molecule has 0 atom stereocenters. The third-order valence-corrected chi connectivity index (χ3v) is 5.76. The molecule has 0 aromatic rings. The highest BCUT2D eigenvalue weighted by molar-refractivity contribution is 8.33. The van der Waals surface area contributed by atoms with Crippen molar-refractivity contribution in [3.63, 3.8) is 0 Å². The van der Waals surface area contributed by atoms with Crippen LogP contribution in [-0.4, -0.2) is 0 Å². The van der Waals surface area contributed by atoms with Crippen molar-refractivity contribution in [1.29, 1.82) is 0 Å². The van der Waals surface area contributed by atoms with Crippen LogP contribution in [0.3, 0.4) is 0 Å². The minimum absolute atomic E-state index is 1.25. The van der Waals surface area contributed by atoms with E-state index in [1.165, 1.54) is 21.3 Å². The van der Waals surface area contributed by atoms with Gasteiger partial charge in [-0.1, -0.05) is 87.6 Å². The van der Waals surface area contributed by atoms with Gasteiger partial charge in [-0.2, -0.15) is 0 Å². The molecule has 0 spiro atoms. The molecule has 2 heterocycles. The molecule has 2 aliphatic heterocycles. The van der Waals surface area contributed by atoms with Crippen molar-refractivity contribution in [2.75, 3.05) is 0 Å². The van der Waals surface area contributed by atoms with Gasteiger partial charge in [0, 0.05) is 0 Å². The second kappa shape index (κ2) is 12.1. The van der Waals surface area contributed by atoms with Gasteiger partial charge >= 0.3 is 0 Å². The zero-order valence-corrected chi connectivity index (χ0v) is 13.6. The maximum atomic E-state index is 2.13. The normalized spacial score (nSPS) is 16.8. The summed E-state index contributed by atoms with van der Waals surface area (Å²) in [5.74, 6) is 0. The van der Waals surface area contributed by atoms with Crippen molar-refractivity contribution < 1.29 is 0 Å². The molecule has 0 fully saturated rings. The van der Waals surface area contributed by atoms with Crippen LogP contribution < -0.4 is 0 Å². The van der Waals surface area contributed by atoms with Gasteiger partial charge in [0.1, 0.15) is 0 Å². The van der Waals surface area contributed by atoms with E-state index in [-0.39, 0.29) is 0 Å². The van der Waals surface area contributed by atoms with Crippen LogP contribution in [0, 0.1) is 0 Å². The van der Waals surface area contributed by atoms with Crippen molar-refractivity contribution >= 4 is 47.0 Å². The number of hydrogen-bond donors (Lipinski definition) is 0. The Hall–Kier alpha value is 0.620. The first-order valence-electron chi connectivity index (χ1n) is 5.50. The van der Waals surface area contributed by atoms with Crippen LogP contribution in [0.4, 0.5) is 0 Å². The molecule has 0 amide bonds. The Morgan fingerprint density at radius 3 is 1.00 bits per heavy atom. The third-order valence-electron chi connectivity index (χ3n) is 0.978. The SMILES string of the molecule is C1=CSC(=C2SC=CS2)S1.CCC.CCC. The molecule has 16 heavy (non-hydrogen) atoms. The second-order valence-electron chi connectivity index (χ2n) is 3.00. The van der Waals surface area contributed by atoms with Crippen molar-refractivity contribution in [2.45, 2.75) is 40.5 Å². The van der Waals surface area contributed by atoms with Crippen LogP contribution in [0.1, 0.15) is 40.5 Å². The zero-order valence-electron chi connectivity index (χ0n) is 10.4. The molecular formula is C12H20S4. The third kappa shape index (κ3) is 7.82. The van der Waals surface area contributed by atoms with E-state index in [4.69, 9.17) is 0 Å². The van der Waals surface area contributed by atoms with Crippen LogP contribution in [0.5, 0.6) is 0 Å². The van der Waals surface area contributed by atoms with Gasteiger partial charge in [0.15, 0.2) is 0 Å². The van der Waals surface area contributed by atoms with Crippen molar-refractivity contribution in [3.05, 3.63) is 30.1 Å². The summed E-state index contributed by atoms with van der Waals surface area (Å²) < 4.78 is 2.86. The predicted octanol–water partition coefficient (Wildman–Crippen LogP) is 6.85. The Balaban J connectivity index is 0.000000321. The first-order chi connectivity index (χ1) is 7.79. The van der Waals surface area contributed by atoms with E-state index < -0.39 is 0 Å². The monoisotopic (exact) mass is 292 g/mol. The summed E-state index contributed by atoms with van der Waals surface area (Å²) in [5, 5.41) is 8.53. The van der Waals surface area contributed by atoms with Crippen LogP contribution >= 0.6 is 47.0 Å². The Bertz CT molecular complexity index is 208. The number of thioether (sulfide) groups is 4. The lowest BCUT2D eigenvalue weighted by atomic mass is 10.6. The molecule has 0 saturated heterocycles. The topological polar surface area (TPSA) is 0 Å². The molecule has 0 saturated carbocycles. The standard InChI is InChI=1S/C6H4S4.2C3H8/c1-2-8-5(7-1)6-9-3-4-10-6;2*1-3-2/h1-4H;2*3H2,1-2H3. The van der Waals surface area contributed by atoms with Gasteiger partial charge in [-0.25, -0.2) is 0 Å². The molecule has 0 aromatic heterocycles. The average Bonchev–Trinajstić information content (AvgIpc) is 2.93. The summed E-state index contributed by atoms with van der Waals surface area (Å²) in [6.45, 7) is 8.50. The first-order valence-corrected chi connectivity index (χ1v) is 9.02. The van der Waals surface area contributed by atoms with Gasteiger partial charge in [-0.15, -0.1) is 0 Å². The van der Waals surface area contributed by atoms with Crippen molar-refractivity contribution in [1.82, 2.24) is 0 Å². The molecule has 0 N–H and O–H groups in total. The van der Waals surface area contributed by atoms with Gasteiger partial charge in [0.25, 0.3) is 0 Å². The molecule has 2 aliphatic rings. The summed E-state index contributed by atoms with van der Waals surface area (Å²) in [5.41, 5.74) is 0. The van der Waals surface area contributed by atoms with E-state index in [9.17, 15) is 0 Å². The quantitative estimate of drug-likeness (QED) is 0.478. The van der Waals surface area contributed by atoms with E-state index in [0.717, 1.165) is 0 Å². The lowest BCUT2D eigenvalue weighted by Crippen LogP contribution is -1.62. The van der Waals surface area contributed by atoms with E-state index in [1.807, 2.05) is 47.0 Å². The van der Waals surface area contributed by atoms with Crippen LogP contribution in [-0.2, 0) is 0 Å². The predicted molar refractivity (Wildman–Crippen MR) is 87.6 cm³/mol. The van der Waals surface area contributed by atoms with Gasteiger partial charge < -0.3 is 0 Å². The molecule has 2 rings (SSSR count). The fraction of sp³-hybridized carbons (Fsp3) is 0.500. The Labute approximate surface area is 117 Å². The van der Waals surface area contributed by atoms with Crippen LogP contribution in [0.25, 0.3) is 0 Å². The summed E-state index contributed by atoms with van der Waals surface area (Å²) in [6.07, 6.45) is 2.50. The largest absolute Gasteiger partial charge is 0.0884 e. The highest BCUT2D eigenvalue weighted by atomic mass is 32.2. The van der Waals surface area contributed by atoms with Crippen LogP contribution in [0.15, 0.2) is 30.1 Å². The number of rotatable bonds is 0. The molecule has 0 radical (unpaired) electrons. The van der Waals surface area contributed by atoms with Crippen LogP contribution in [0.2, 0.25) is 0 Å². The molecular weight excluding hydrogens is 272 g/mol. The summed E-state index contributed by atoms with van der Waals surface area (Å²) in [4.78, 5) is 0. The second-order valence-corrected chi connectivity index (χ2v) is 7.19. The fourth-order valence-corrected chi connectivity index (χ4v) is 4.64. The average molecular weight is 293 g/mol. The van der Waals surface area contributed by atoms with Crippen molar-refractivity contribution in [3.8, 4) is 0 Å². The van der Waals surface area contributed by atoms with Crippen molar-refractivity contribution in [2.24, 2.45) is 0 Å². The molecule has 0 bridgehead atoms. The van der Waals surface area contributed by atoms with E-state index in [0.29, 0.717) is 0 Å². The lowest BCUT2D eigenvalue weighted by Gasteiger charge is -1.97. The summed E-state index contributed by atoms with van der Waals surface area (Å²) in [7, 11) is 0. The van der Waals surface area contributed by atoms with Gasteiger partial charge in [0.05, 0.1) is 8.47 Å². The Kier molecular flexibility index (Phi) is 12.6. The summed E-state index contributed by atoms with van der Waals surface area (Å²) in [6, 6.07) is 0. The maximum absolute atomic E-state index is 2.13. The fourth-order valence-electron chi connectivity index (χ4n) is 0.606. The van der Waals surface area contributed by atoms with Gasteiger partial charge in [-0.3, -0.25) is 0 Å². The Morgan fingerprint density at radius 2 is 0.812 bits per heavy atom. The lowest BCUT2D eigenvalue weighted by molar-refractivity contribution is 1.09. The molecule has 0 unspecified atom stereocenters. The van der Waals surface area contributed by atoms with Gasteiger partial charge in [0.2, 0.25) is 0 Å². The van der Waals surface area contributed by atoms with E-state index in [1.54, 1.807) is 0 Å². The highest BCUT2D eigenvalue weighted by Gasteiger charge is 2.12. The molecule has 0 nitrogen and oxygen atoms in total. The van der Waals surface area contributed by atoms with Gasteiger partial charge in [-0.05, 0) is 21.6 Å². The smallest absolute Gasteiger partial charge is 0.0694 e. The minimum atomic E-state index is 1.25. The first kappa shape index (κ1) is 16.6. The molecule has 4 heteroatoms. The molecule has 0 aromatic carbocycles.